The summed E-state index contributed by atoms with van der Waals surface area (Å²) in [5.41, 5.74) is 0. The second kappa shape index (κ2) is 3.36. The Bertz CT molecular complexity index is 207. The molecule has 88 valence electrons. The lowest BCUT2D eigenvalue weighted by Crippen LogP contribution is -2.26. The molecule has 0 amide bonds. The minimum atomic E-state index is -9.60. The van der Waals surface area contributed by atoms with Crippen molar-refractivity contribution in [3.8, 4) is 0 Å². The average Bonchev–Trinajstić information content (AvgIpc) is 1.92. The van der Waals surface area contributed by atoms with Crippen molar-refractivity contribution in [3.63, 3.8) is 0 Å². The molecule has 0 saturated carbocycles. The summed E-state index contributed by atoms with van der Waals surface area (Å²) in [5.74, 6) is 0. The standard InChI is InChI=1S/C7H13F5OS/c1-2-3-4-5-7(6-13)14(8,9,10,11)12/h6-7H,2-5H2,1H3. The van der Waals surface area contributed by atoms with E-state index in [4.69, 9.17) is 0 Å². The van der Waals surface area contributed by atoms with Gasteiger partial charge in [0.05, 0.1) is 0 Å². The van der Waals surface area contributed by atoms with Gasteiger partial charge in [0.1, 0.15) is 6.29 Å². The Balaban J connectivity index is 4.52. The summed E-state index contributed by atoms with van der Waals surface area (Å²) in [7, 11) is -9.60. The molecule has 14 heavy (non-hydrogen) atoms. The van der Waals surface area contributed by atoms with Crippen molar-refractivity contribution in [1.82, 2.24) is 0 Å². The van der Waals surface area contributed by atoms with Crippen LogP contribution in [0.1, 0.15) is 32.6 Å². The molecule has 0 heterocycles. The van der Waals surface area contributed by atoms with Gasteiger partial charge in [-0.15, -0.1) is 0 Å². The minimum Gasteiger partial charge on any atom is -0.302 e. The van der Waals surface area contributed by atoms with Crippen LogP contribution < -0.4 is 0 Å². The summed E-state index contributed by atoms with van der Waals surface area (Å²) >= 11 is 0. The molecule has 0 radical (unpaired) electrons. The first-order chi connectivity index (χ1) is 6.01. The Hall–Kier alpha value is -0.330. The summed E-state index contributed by atoms with van der Waals surface area (Å²) < 4.78 is 60.4. The zero-order valence-electron chi connectivity index (χ0n) is 7.69. The molecule has 0 rings (SSSR count). The van der Waals surface area contributed by atoms with Crippen molar-refractivity contribution >= 4 is 16.5 Å². The number of halogens is 5. The highest BCUT2D eigenvalue weighted by Gasteiger charge is 2.69. The molecule has 0 aliphatic heterocycles. The summed E-state index contributed by atoms with van der Waals surface area (Å²) in [5, 5.41) is -3.08. The molecule has 0 N–H and O–H groups in total. The first-order valence-electron chi connectivity index (χ1n) is 4.19. The van der Waals surface area contributed by atoms with Crippen molar-refractivity contribution in [2.24, 2.45) is 0 Å². The van der Waals surface area contributed by atoms with E-state index in [1.165, 1.54) is 0 Å². The van der Waals surface area contributed by atoms with Crippen LogP contribution in [0.15, 0.2) is 0 Å². The maximum Gasteiger partial charge on any atom is 0.294 e. The largest absolute Gasteiger partial charge is 0.302 e. The first-order valence-corrected chi connectivity index (χ1v) is 6.21. The van der Waals surface area contributed by atoms with E-state index in [0.717, 1.165) is 0 Å². The quantitative estimate of drug-likeness (QED) is 0.381. The summed E-state index contributed by atoms with van der Waals surface area (Å²) in [4.78, 5) is 9.99. The molecular formula is C7H13F5OS. The topological polar surface area (TPSA) is 17.1 Å². The number of carbonyl (C=O) groups is 1. The molecule has 0 saturated heterocycles. The van der Waals surface area contributed by atoms with E-state index in [-0.39, 0.29) is 6.42 Å². The second-order valence-corrected chi connectivity index (χ2v) is 5.86. The van der Waals surface area contributed by atoms with Crippen LogP contribution in [0, 0.1) is 0 Å². The number of aldehydes is 1. The van der Waals surface area contributed by atoms with Crippen LogP contribution in [-0.4, -0.2) is 11.5 Å². The van der Waals surface area contributed by atoms with Crippen LogP contribution in [0.25, 0.3) is 0 Å². The molecule has 0 aliphatic carbocycles. The number of carbonyl (C=O) groups excluding carboxylic acids is 1. The lowest BCUT2D eigenvalue weighted by molar-refractivity contribution is -0.108. The highest BCUT2D eigenvalue weighted by molar-refractivity contribution is 8.46. The molecule has 0 bridgehead atoms. The van der Waals surface area contributed by atoms with Gasteiger partial charge in [0.2, 0.25) is 0 Å². The van der Waals surface area contributed by atoms with Gasteiger partial charge in [0.15, 0.2) is 5.25 Å². The third kappa shape index (κ3) is 4.78. The lowest BCUT2D eigenvalue weighted by atomic mass is 10.2. The second-order valence-electron chi connectivity index (χ2n) is 3.20. The van der Waals surface area contributed by atoms with Crippen molar-refractivity contribution in [3.05, 3.63) is 0 Å². The van der Waals surface area contributed by atoms with Crippen LogP contribution >= 0.6 is 10.2 Å². The Labute approximate surface area is 79.4 Å². The number of hydrogen-bond acceptors (Lipinski definition) is 1. The molecule has 1 nitrogen and oxygen atoms in total. The molecule has 1 atom stereocenters. The van der Waals surface area contributed by atoms with E-state index in [1.807, 2.05) is 0 Å². The number of rotatable bonds is 6. The Kier molecular flexibility index (Phi) is 3.28. The van der Waals surface area contributed by atoms with Gasteiger partial charge in [-0.3, -0.25) is 0 Å². The Morgan fingerprint density at radius 3 is 1.93 bits per heavy atom. The Morgan fingerprint density at radius 2 is 1.64 bits per heavy atom. The molecule has 0 aromatic rings. The average molecular weight is 240 g/mol. The van der Waals surface area contributed by atoms with Crippen LogP contribution in [0.5, 0.6) is 0 Å². The van der Waals surface area contributed by atoms with Gasteiger partial charge in [-0.1, -0.05) is 45.6 Å². The van der Waals surface area contributed by atoms with Gasteiger partial charge in [0, 0.05) is 0 Å². The van der Waals surface area contributed by atoms with Gasteiger partial charge >= 0.3 is 0 Å². The molecular weight excluding hydrogens is 227 g/mol. The predicted molar refractivity (Wildman–Crippen MR) is 47.1 cm³/mol. The zero-order valence-corrected chi connectivity index (χ0v) is 8.51. The lowest BCUT2D eigenvalue weighted by Gasteiger charge is -2.44. The molecule has 0 aromatic carbocycles. The maximum atomic E-state index is 12.1. The fourth-order valence-corrected chi connectivity index (χ4v) is 1.81. The van der Waals surface area contributed by atoms with E-state index < -0.39 is 28.2 Å². The van der Waals surface area contributed by atoms with Crippen molar-refractivity contribution < 1.29 is 24.2 Å². The Morgan fingerprint density at radius 1 is 1.14 bits per heavy atom. The molecule has 0 fully saturated rings. The van der Waals surface area contributed by atoms with Crippen molar-refractivity contribution in [2.75, 3.05) is 0 Å². The highest BCUT2D eigenvalue weighted by Crippen LogP contribution is 3.00. The SMILES string of the molecule is CCCCCC(C=O)S(F)(F)(F)(F)F. The van der Waals surface area contributed by atoms with E-state index >= 15 is 0 Å². The number of unbranched alkanes of at least 4 members (excludes halogenated alkanes) is 2. The van der Waals surface area contributed by atoms with E-state index in [0.29, 0.717) is 12.8 Å². The molecule has 1 unspecified atom stereocenters. The smallest absolute Gasteiger partial charge is 0.294 e. The molecule has 0 aromatic heterocycles. The van der Waals surface area contributed by atoms with Crippen molar-refractivity contribution in [2.45, 2.75) is 37.9 Å². The zero-order chi connectivity index (χ0) is 11.5. The van der Waals surface area contributed by atoms with E-state index in [1.54, 1.807) is 6.92 Å². The van der Waals surface area contributed by atoms with Gasteiger partial charge < -0.3 is 4.79 Å². The van der Waals surface area contributed by atoms with Crippen molar-refractivity contribution in [1.29, 1.82) is 0 Å². The van der Waals surface area contributed by atoms with Crippen LogP contribution in [0.3, 0.4) is 0 Å². The van der Waals surface area contributed by atoms with Gasteiger partial charge in [-0.05, 0) is 6.42 Å². The fourth-order valence-electron chi connectivity index (χ4n) is 0.991. The molecule has 7 heteroatoms. The normalized spacial score (nSPS) is 19.6. The minimum absolute atomic E-state index is 0.00843. The van der Waals surface area contributed by atoms with Crippen LogP contribution in [-0.2, 0) is 4.79 Å². The summed E-state index contributed by atoms with van der Waals surface area (Å²) in [6.07, 6.45) is -0.470. The summed E-state index contributed by atoms with van der Waals surface area (Å²) in [6.45, 7) is 1.73. The monoisotopic (exact) mass is 240 g/mol. The fraction of sp³-hybridized carbons (Fsp3) is 0.857. The van der Waals surface area contributed by atoms with E-state index in [9.17, 15) is 24.2 Å². The number of hydrogen-bond donors (Lipinski definition) is 0. The van der Waals surface area contributed by atoms with Crippen LogP contribution in [0.4, 0.5) is 19.4 Å². The van der Waals surface area contributed by atoms with Gasteiger partial charge in [-0.2, -0.15) is 0 Å². The highest BCUT2D eigenvalue weighted by atomic mass is 32.5. The first kappa shape index (κ1) is 13.7. The summed E-state index contributed by atoms with van der Waals surface area (Å²) in [6, 6.07) is 0. The van der Waals surface area contributed by atoms with Gasteiger partial charge in [-0.25, -0.2) is 0 Å². The maximum absolute atomic E-state index is 12.1. The van der Waals surface area contributed by atoms with Gasteiger partial charge in [0.25, 0.3) is 10.2 Å². The van der Waals surface area contributed by atoms with E-state index in [2.05, 4.69) is 0 Å². The third-order valence-electron chi connectivity index (χ3n) is 1.82. The molecule has 0 aliphatic rings. The van der Waals surface area contributed by atoms with Crippen LogP contribution in [0.2, 0.25) is 0 Å². The third-order valence-corrected chi connectivity index (χ3v) is 3.31. The molecule has 0 spiro atoms. The predicted octanol–water partition coefficient (Wildman–Crippen LogP) is 4.43.